The summed E-state index contributed by atoms with van der Waals surface area (Å²) in [5.41, 5.74) is -0.266. The molecule has 6 nitrogen and oxygen atoms in total. The van der Waals surface area contributed by atoms with Crippen molar-refractivity contribution in [1.29, 1.82) is 0 Å². The van der Waals surface area contributed by atoms with E-state index in [2.05, 4.69) is 15.3 Å². The molecule has 0 saturated carbocycles. The summed E-state index contributed by atoms with van der Waals surface area (Å²) in [6, 6.07) is 5.82. The molecule has 0 saturated heterocycles. The van der Waals surface area contributed by atoms with Gasteiger partial charge in [0.1, 0.15) is 23.4 Å². The van der Waals surface area contributed by atoms with Gasteiger partial charge in [0.15, 0.2) is 0 Å². The van der Waals surface area contributed by atoms with Crippen LogP contribution in [0.5, 0.6) is 5.75 Å². The van der Waals surface area contributed by atoms with Gasteiger partial charge in [-0.3, -0.25) is 9.59 Å². The average Bonchev–Trinajstić information content (AvgIpc) is 2.52. The van der Waals surface area contributed by atoms with Gasteiger partial charge in [0.2, 0.25) is 0 Å². The fourth-order valence-corrected chi connectivity index (χ4v) is 1.77. The van der Waals surface area contributed by atoms with Gasteiger partial charge in [-0.1, -0.05) is 13.0 Å². The summed E-state index contributed by atoms with van der Waals surface area (Å²) in [6.07, 6.45) is 2.62. The second-order valence-corrected chi connectivity index (χ2v) is 4.61. The Morgan fingerprint density at radius 3 is 2.95 bits per heavy atom. The molecular weight excluding hydrogens is 289 g/mol. The Balaban J connectivity index is 1.91. The van der Waals surface area contributed by atoms with Gasteiger partial charge < -0.3 is 15.0 Å². The number of ether oxygens (including phenoxy) is 1. The summed E-state index contributed by atoms with van der Waals surface area (Å²) >= 11 is 0. The Bertz CT molecular complexity index is 682. The number of carbonyl (C=O) groups excluding carboxylic acids is 1. The maximum atomic E-state index is 13.1. The zero-order chi connectivity index (χ0) is 15.9. The molecule has 0 bridgehead atoms. The van der Waals surface area contributed by atoms with E-state index in [-0.39, 0.29) is 29.7 Å². The number of halogens is 1. The number of hydrogen-bond donors (Lipinski definition) is 2. The number of hydrogen-bond acceptors (Lipinski definition) is 4. The van der Waals surface area contributed by atoms with Gasteiger partial charge in [0.05, 0.1) is 12.7 Å². The minimum absolute atomic E-state index is 0.111. The van der Waals surface area contributed by atoms with Crippen LogP contribution in [0.15, 0.2) is 41.5 Å². The molecule has 0 aliphatic rings. The maximum Gasteiger partial charge on any atom is 0.271 e. The lowest BCUT2D eigenvalue weighted by molar-refractivity contribution is 0.0920. The van der Waals surface area contributed by atoms with Gasteiger partial charge in [0, 0.05) is 12.3 Å². The molecule has 22 heavy (non-hydrogen) atoms. The molecule has 1 aromatic carbocycles. The molecule has 0 aliphatic carbocycles. The molecule has 1 amide bonds. The Labute approximate surface area is 126 Å². The van der Waals surface area contributed by atoms with Crippen molar-refractivity contribution in [1.82, 2.24) is 15.3 Å². The van der Waals surface area contributed by atoms with Gasteiger partial charge in [-0.2, -0.15) is 0 Å². The smallest absolute Gasteiger partial charge is 0.271 e. The average molecular weight is 305 g/mol. The number of aromatic amines is 1. The molecule has 2 aromatic rings. The summed E-state index contributed by atoms with van der Waals surface area (Å²) in [6.45, 7) is 2.14. The first-order chi connectivity index (χ1) is 10.6. The van der Waals surface area contributed by atoms with Crippen molar-refractivity contribution < 1.29 is 13.9 Å². The fraction of sp³-hybridized carbons (Fsp3) is 0.267. The molecule has 7 heteroatoms. The van der Waals surface area contributed by atoms with Crippen LogP contribution in [0.2, 0.25) is 0 Å². The third-order valence-electron chi connectivity index (χ3n) is 2.95. The predicted octanol–water partition coefficient (Wildman–Crippen LogP) is 1.50. The minimum Gasteiger partial charge on any atom is -0.489 e. The highest BCUT2D eigenvalue weighted by Gasteiger charge is 2.12. The molecular formula is C15H16FN3O3. The summed E-state index contributed by atoms with van der Waals surface area (Å²) < 4.78 is 18.7. The third kappa shape index (κ3) is 4.41. The summed E-state index contributed by atoms with van der Waals surface area (Å²) in [7, 11) is 0. The summed E-state index contributed by atoms with van der Waals surface area (Å²) in [4.78, 5) is 28.9. The maximum absolute atomic E-state index is 13.1. The standard InChI is InChI=1S/C15H16FN3O3/c1-2-11(22-12-5-3-4-10(16)6-12)7-19-15(21)13-8-18-14(20)9-17-13/h3-6,8-9,11H,2,7H2,1H3,(H,18,20)(H,19,21). The summed E-state index contributed by atoms with van der Waals surface area (Å²) in [5.74, 6) is -0.394. The lowest BCUT2D eigenvalue weighted by Gasteiger charge is -2.18. The molecule has 1 aromatic heterocycles. The van der Waals surface area contributed by atoms with Crippen LogP contribution < -0.4 is 15.6 Å². The van der Waals surface area contributed by atoms with Crippen LogP contribution >= 0.6 is 0 Å². The van der Waals surface area contributed by atoms with Crippen LogP contribution in [0.1, 0.15) is 23.8 Å². The van der Waals surface area contributed by atoms with Gasteiger partial charge in [-0.25, -0.2) is 9.37 Å². The highest BCUT2D eigenvalue weighted by atomic mass is 19.1. The van der Waals surface area contributed by atoms with E-state index in [4.69, 9.17) is 4.74 Å². The van der Waals surface area contributed by atoms with E-state index >= 15 is 0 Å². The van der Waals surface area contributed by atoms with Crippen LogP contribution in [0.3, 0.4) is 0 Å². The number of aromatic nitrogens is 2. The zero-order valence-electron chi connectivity index (χ0n) is 12.0. The predicted molar refractivity (Wildman–Crippen MR) is 78.3 cm³/mol. The van der Waals surface area contributed by atoms with Crippen LogP contribution in [-0.2, 0) is 0 Å². The molecule has 2 rings (SSSR count). The van der Waals surface area contributed by atoms with Crippen molar-refractivity contribution in [3.05, 3.63) is 58.5 Å². The van der Waals surface area contributed by atoms with E-state index in [1.807, 2.05) is 6.92 Å². The van der Waals surface area contributed by atoms with E-state index in [1.54, 1.807) is 12.1 Å². The van der Waals surface area contributed by atoms with Crippen LogP contribution in [0, 0.1) is 5.82 Å². The molecule has 0 radical (unpaired) electrons. The number of rotatable bonds is 6. The largest absolute Gasteiger partial charge is 0.489 e. The highest BCUT2D eigenvalue weighted by Crippen LogP contribution is 2.14. The van der Waals surface area contributed by atoms with E-state index < -0.39 is 5.91 Å². The number of benzene rings is 1. The van der Waals surface area contributed by atoms with Crippen molar-refractivity contribution in [2.24, 2.45) is 0 Å². The van der Waals surface area contributed by atoms with Crippen LogP contribution in [0.4, 0.5) is 4.39 Å². The van der Waals surface area contributed by atoms with Gasteiger partial charge in [-0.15, -0.1) is 0 Å². The Hall–Kier alpha value is -2.70. The second kappa shape index (κ2) is 7.35. The first kappa shape index (κ1) is 15.7. The van der Waals surface area contributed by atoms with Crippen LogP contribution in [-0.4, -0.2) is 28.5 Å². The number of H-pyrrole nitrogens is 1. The SMILES string of the molecule is CCC(CNC(=O)c1c[nH]c(=O)cn1)Oc1cccc(F)c1. The van der Waals surface area contributed by atoms with Gasteiger partial charge >= 0.3 is 0 Å². The lowest BCUT2D eigenvalue weighted by Crippen LogP contribution is -2.35. The van der Waals surface area contributed by atoms with Crippen molar-refractivity contribution in [2.45, 2.75) is 19.4 Å². The highest BCUT2D eigenvalue weighted by molar-refractivity contribution is 5.91. The Kier molecular flexibility index (Phi) is 5.24. The van der Waals surface area contributed by atoms with Gasteiger partial charge in [-0.05, 0) is 18.6 Å². The topological polar surface area (TPSA) is 84.1 Å². The molecule has 1 atom stereocenters. The van der Waals surface area contributed by atoms with Gasteiger partial charge in [0.25, 0.3) is 11.5 Å². The van der Waals surface area contributed by atoms with Crippen molar-refractivity contribution in [3.63, 3.8) is 0 Å². The lowest BCUT2D eigenvalue weighted by atomic mass is 10.2. The number of nitrogens with one attached hydrogen (secondary N) is 2. The zero-order valence-corrected chi connectivity index (χ0v) is 12.0. The number of amides is 1. The monoisotopic (exact) mass is 305 g/mol. The van der Waals surface area contributed by atoms with Crippen molar-refractivity contribution in [3.8, 4) is 5.75 Å². The Morgan fingerprint density at radius 2 is 2.32 bits per heavy atom. The molecule has 116 valence electrons. The first-order valence-corrected chi connectivity index (χ1v) is 6.83. The molecule has 0 aliphatic heterocycles. The van der Waals surface area contributed by atoms with E-state index in [9.17, 15) is 14.0 Å². The normalized spacial score (nSPS) is 11.7. The van der Waals surface area contributed by atoms with E-state index in [1.165, 1.54) is 18.3 Å². The van der Waals surface area contributed by atoms with Crippen LogP contribution in [0.25, 0.3) is 0 Å². The van der Waals surface area contributed by atoms with Crippen molar-refractivity contribution >= 4 is 5.91 Å². The number of nitrogens with zero attached hydrogens (tertiary/aromatic N) is 1. The Morgan fingerprint density at radius 1 is 1.50 bits per heavy atom. The van der Waals surface area contributed by atoms with E-state index in [0.717, 1.165) is 6.20 Å². The first-order valence-electron chi connectivity index (χ1n) is 6.83. The molecule has 1 unspecified atom stereocenters. The number of carbonyl (C=O) groups is 1. The third-order valence-corrected chi connectivity index (χ3v) is 2.95. The second-order valence-electron chi connectivity index (χ2n) is 4.61. The molecule has 0 spiro atoms. The van der Waals surface area contributed by atoms with E-state index in [0.29, 0.717) is 12.2 Å². The minimum atomic E-state index is -0.419. The molecule has 1 heterocycles. The molecule has 2 N–H and O–H groups in total. The molecule has 0 fully saturated rings. The summed E-state index contributed by atoms with van der Waals surface area (Å²) in [5, 5.41) is 2.66. The fourth-order valence-electron chi connectivity index (χ4n) is 1.77. The quantitative estimate of drug-likeness (QED) is 0.847. The van der Waals surface area contributed by atoms with Crippen molar-refractivity contribution in [2.75, 3.05) is 6.54 Å².